The second-order valence-electron chi connectivity index (χ2n) is 4.24. The largest absolute Gasteiger partial charge is 0.223 e. The molecule has 2 unspecified atom stereocenters. The average molecular weight is 282 g/mol. The lowest BCUT2D eigenvalue weighted by Crippen LogP contribution is -2.39. The molecule has 4 heteroatoms. The molecule has 95 valence electrons. The average Bonchev–Trinajstić information content (AvgIpc) is 2.40. The van der Waals surface area contributed by atoms with Gasteiger partial charge in [-0.25, -0.2) is 8.42 Å². The van der Waals surface area contributed by atoms with E-state index in [4.69, 9.17) is 11.6 Å². The maximum absolute atomic E-state index is 12.5. The van der Waals surface area contributed by atoms with Crippen molar-refractivity contribution in [3.63, 3.8) is 0 Å². The van der Waals surface area contributed by atoms with Crippen molar-refractivity contribution in [1.82, 2.24) is 0 Å². The van der Waals surface area contributed by atoms with Crippen LogP contribution >= 0.6 is 11.6 Å². The van der Waals surface area contributed by atoms with Crippen molar-refractivity contribution in [2.45, 2.75) is 21.9 Å². The van der Waals surface area contributed by atoms with E-state index in [0.717, 1.165) is 0 Å². The molecule has 18 heavy (non-hydrogen) atoms. The molecule has 2 rings (SSSR count). The van der Waals surface area contributed by atoms with Crippen molar-refractivity contribution in [3.05, 3.63) is 61.1 Å². The molecule has 1 aliphatic rings. The van der Waals surface area contributed by atoms with Crippen molar-refractivity contribution in [3.8, 4) is 0 Å². The normalized spacial score (nSPS) is 25.0. The summed E-state index contributed by atoms with van der Waals surface area (Å²) in [5, 5.41) is -0.727. The van der Waals surface area contributed by atoms with Gasteiger partial charge < -0.3 is 0 Å². The van der Waals surface area contributed by atoms with Gasteiger partial charge in [-0.3, -0.25) is 0 Å². The summed E-state index contributed by atoms with van der Waals surface area (Å²) < 4.78 is 24.9. The number of sulfone groups is 1. The molecular weight excluding hydrogens is 268 g/mol. The summed E-state index contributed by atoms with van der Waals surface area (Å²) in [5.41, 5.74) is 0. The van der Waals surface area contributed by atoms with Crippen LogP contribution in [0.5, 0.6) is 0 Å². The highest BCUT2D eigenvalue weighted by Gasteiger charge is 2.40. The molecule has 0 heterocycles. The van der Waals surface area contributed by atoms with Gasteiger partial charge in [-0.1, -0.05) is 42.5 Å². The Morgan fingerprint density at radius 2 is 1.78 bits per heavy atom. The molecule has 0 aliphatic heterocycles. The molecule has 0 saturated heterocycles. The third-order valence-electron chi connectivity index (χ3n) is 3.09. The van der Waals surface area contributed by atoms with E-state index in [0.29, 0.717) is 4.90 Å². The van der Waals surface area contributed by atoms with E-state index < -0.39 is 20.0 Å². The molecule has 2 nitrogen and oxygen atoms in total. The van der Waals surface area contributed by atoms with E-state index in [2.05, 4.69) is 0 Å². The van der Waals surface area contributed by atoms with Crippen LogP contribution in [0.4, 0.5) is 0 Å². The van der Waals surface area contributed by atoms with Gasteiger partial charge in [0.15, 0.2) is 9.84 Å². The Balaban J connectivity index is 2.37. The second kappa shape index (κ2) is 4.90. The Morgan fingerprint density at radius 3 is 2.33 bits per heavy atom. The van der Waals surface area contributed by atoms with Crippen LogP contribution in [-0.4, -0.2) is 18.5 Å². The van der Waals surface area contributed by atoms with Crippen molar-refractivity contribution in [2.75, 3.05) is 0 Å². The Hall–Kier alpha value is -1.06. The summed E-state index contributed by atoms with van der Waals surface area (Å²) >= 11 is 6.39. The number of allylic oxidation sites excluding steroid dienone is 4. The van der Waals surface area contributed by atoms with Crippen LogP contribution in [0.3, 0.4) is 0 Å². The zero-order valence-corrected chi connectivity index (χ0v) is 11.5. The number of halogens is 1. The molecule has 2 atom stereocenters. The Kier molecular flexibility index (Phi) is 3.64. The van der Waals surface area contributed by atoms with Crippen LogP contribution in [0.15, 0.2) is 59.5 Å². The van der Waals surface area contributed by atoms with Crippen molar-refractivity contribution in [1.29, 1.82) is 0 Å². The van der Waals surface area contributed by atoms with Crippen LogP contribution in [0.1, 0.15) is 6.92 Å². The molecule has 0 N–H and O–H groups in total. The molecule has 0 spiro atoms. The lowest BCUT2D eigenvalue weighted by molar-refractivity contribution is 0.574. The third kappa shape index (κ3) is 2.38. The van der Waals surface area contributed by atoms with Gasteiger partial charge in [0.2, 0.25) is 0 Å². The van der Waals surface area contributed by atoms with Gasteiger partial charge in [-0.2, -0.15) is 0 Å². The number of alkyl halides is 1. The van der Waals surface area contributed by atoms with Gasteiger partial charge in [0.25, 0.3) is 0 Å². The quantitative estimate of drug-likeness (QED) is 0.798. The van der Waals surface area contributed by atoms with Crippen LogP contribution in [0, 0.1) is 6.42 Å². The molecule has 1 aliphatic carbocycles. The molecule has 0 fully saturated rings. The van der Waals surface area contributed by atoms with Crippen LogP contribution in [0.2, 0.25) is 0 Å². The van der Waals surface area contributed by atoms with Gasteiger partial charge in [-0.15, -0.1) is 11.6 Å². The van der Waals surface area contributed by atoms with E-state index in [1.165, 1.54) is 0 Å². The molecule has 0 amide bonds. The topological polar surface area (TPSA) is 34.1 Å². The lowest BCUT2D eigenvalue weighted by atomic mass is 9.97. The number of hydrogen-bond donors (Lipinski definition) is 0. The third-order valence-corrected chi connectivity index (χ3v) is 6.04. The zero-order valence-electron chi connectivity index (χ0n) is 9.95. The number of rotatable bonds is 3. The predicted molar refractivity (Wildman–Crippen MR) is 74.3 cm³/mol. The SMILES string of the molecule is CC(C1(Cl)[CH]C=CC=C1)S(=O)(=O)c1ccccc1. The fourth-order valence-corrected chi connectivity index (χ4v) is 3.92. The number of benzene rings is 1. The highest BCUT2D eigenvalue weighted by atomic mass is 35.5. The summed E-state index contributed by atoms with van der Waals surface area (Å²) in [6.45, 7) is 1.63. The predicted octanol–water partition coefficient (Wildman–Crippen LogP) is 3.16. The smallest absolute Gasteiger partial charge is 0.183 e. The maximum atomic E-state index is 12.5. The minimum Gasteiger partial charge on any atom is -0.223 e. The van der Waals surface area contributed by atoms with Gasteiger partial charge >= 0.3 is 0 Å². The standard InChI is InChI=1S/C14H14ClO2S/c1-12(14(15)10-6-3-7-11-14)18(16,17)13-8-4-2-5-9-13/h2-12H,1H3. The fraction of sp³-hybridized carbons (Fsp3) is 0.214. The first kappa shape index (κ1) is 13.4. The van der Waals surface area contributed by atoms with Crippen molar-refractivity contribution in [2.24, 2.45) is 0 Å². The van der Waals surface area contributed by atoms with E-state index in [1.807, 2.05) is 6.08 Å². The Bertz CT molecular complexity index is 575. The minimum absolute atomic E-state index is 0.300. The Morgan fingerprint density at radius 1 is 1.11 bits per heavy atom. The summed E-state index contributed by atoms with van der Waals surface area (Å²) in [6, 6.07) is 8.39. The molecule has 0 bridgehead atoms. The highest BCUT2D eigenvalue weighted by Crippen LogP contribution is 2.35. The molecule has 1 aromatic rings. The maximum Gasteiger partial charge on any atom is 0.183 e. The van der Waals surface area contributed by atoms with Crippen molar-refractivity contribution < 1.29 is 8.42 Å². The first-order valence-electron chi connectivity index (χ1n) is 5.65. The van der Waals surface area contributed by atoms with Gasteiger partial charge in [0.05, 0.1) is 15.0 Å². The summed E-state index contributed by atoms with van der Waals surface area (Å²) in [6.07, 6.45) is 8.77. The minimum atomic E-state index is -3.45. The van der Waals surface area contributed by atoms with Crippen molar-refractivity contribution >= 4 is 21.4 Å². The van der Waals surface area contributed by atoms with E-state index in [-0.39, 0.29) is 0 Å². The summed E-state index contributed by atoms with van der Waals surface area (Å²) in [4.78, 5) is -0.683. The molecule has 0 aromatic heterocycles. The molecular formula is C14H14ClO2S. The first-order valence-corrected chi connectivity index (χ1v) is 7.57. The van der Waals surface area contributed by atoms with Crippen LogP contribution < -0.4 is 0 Å². The van der Waals surface area contributed by atoms with E-state index in [9.17, 15) is 8.42 Å². The lowest BCUT2D eigenvalue weighted by Gasteiger charge is -2.30. The van der Waals surface area contributed by atoms with Gasteiger partial charge in [0.1, 0.15) is 0 Å². The molecule has 1 aromatic carbocycles. The van der Waals surface area contributed by atoms with Crippen LogP contribution in [0.25, 0.3) is 0 Å². The number of hydrogen-bond acceptors (Lipinski definition) is 2. The summed E-state index contributed by atoms with van der Waals surface area (Å²) in [7, 11) is -3.45. The molecule has 0 saturated carbocycles. The van der Waals surface area contributed by atoms with Gasteiger partial charge in [0, 0.05) is 6.42 Å². The van der Waals surface area contributed by atoms with Crippen LogP contribution in [-0.2, 0) is 9.84 Å². The monoisotopic (exact) mass is 281 g/mol. The second-order valence-corrected chi connectivity index (χ2v) is 7.16. The highest BCUT2D eigenvalue weighted by molar-refractivity contribution is 7.92. The molecule has 1 radical (unpaired) electrons. The Labute approximate surface area is 113 Å². The first-order chi connectivity index (χ1) is 8.47. The summed E-state index contributed by atoms with van der Waals surface area (Å²) in [5.74, 6) is 0. The van der Waals surface area contributed by atoms with E-state index >= 15 is 0 Å². The van der Waals surface area contributed by atoms with Gasteiger partial charge in [-0.05, 0) is 19.1 Å². The fourth-order valence-electron chi connectivity index (χ4n) is 1.85. The zero-order chi connectivity index (χ0) is 13.2. The van der Waals surface area contributed by atoms with E-state index in [1.54, 1.807) is 61.9 Å².